The lowest BCUT2D eigenvalue weighted by atomic mass is 10.2. The van der Waals surface area contributed by atoms with Crippen LogP contribution in [0.3, 0.4) is 0 Å². The average Bonchev–Trinajstić information content (AvgIpc) is 2.84. The molecule has 23 heavy (non-hydrogen) atoms. The number of thiazole rings is 1. The van der Waals surface area contributed by atoms with E-state index in [0.29, 0.717) is 22.9 Å². The van der Waals surface area contributed by atoms with E-state index in [2.05, 4.69) is 15.0 Å². The summed E-state index contributed by atoms with van der Waals surface area (Å²) in [6.45, 7) is 0.707. The van der Waals surface area contributed by atoms with E-state index in [1.807, 2.05) is 24.4 Å². The van der Waals surface area contributed by atoms with Gasteiger partial charge < -0.3 is 4.90 Å². The molecule has 0 radical (unpaired) electrons. The molecule has 0 aliphatic rings. The zero-order chi connectivity index (χ0) is 17.0. The Morgan fingerprint density at radius 2 is 1.91 bits per heavy atom. The van der Waals surface area contributed by atoms with E-state index < -0.39 is 10.0 Å². The molecule has 124 valence electrons. The summed E-state index contributed by atoms with van der Waals surface area (Å²) in [6.07, 6.45) is 1.07. The number of amides is 1. The van der Waals surface area contributed by atoms with Crippen molar-refractivity contribution in [3.05, 3.63) is 40.9 Å². The SMILES string of the molecule is CN(C)Cc1csc(NC(=O)c2ccc(NS(C)(=O)=O)cc2)n1. The van der Waals surface area contributed by atoms with Crippen LogP contribution in [-0.2, 0) is 16.6 Å². The molecule has 9 heteroatoms. The van der Waals surface area contributed by atoms with Crippen molar-refractivity contribution < 1.29 is 13.2 Å². The Morgan fingerprint density at radius 1 is 1.26 bits per heavy atom. The average molecular weight is 354 g/mol. The number of rotatable bonds is 6. The van der Waals surface area contributed by atoms with Crippen LogP contribution in [-0.4, -0.2) is 44.6 Å². The van der Waals surface area contributed by atoms with Gasteiger partial charge in [0.25, 0.3) is 5.91 Å². The first-order valence-electron chi connectivity index (χ1n) is 6.71. The van der Waals surface area contributed by atoms with Crippen molar-refractivity contribution in [2.45, 2.75) is 6.54 Å². The Bertz CT molecular complexity index is 783. The Kier molecular flexibility index (Phi) is 5.34. The molecule has 0 unspecified atom stereocenters. The van der Waals surface area contributed by atoms with E-state index >= 15 is 0 Å². The highest BCUT2D eigenvalue weighted by Crippen LogP contribution is 2.18. The Hall–Kier alpha value is -1.97. The lowest BCUT2D eigenvalue weighted by Crippen LogP contribution is -2.13. The van der Waals surface area contributed by atoms with Crippen molar-refractivity contribution in [3.8, 4) is 0 Å². The van der Waals surface area contributed by atoms with Gasteiger partial charge in [0.1, 0.15) is 0 Å². The number of hydrogen-bond acceptors (Lipinski definition) is 6. The lowest BCUT2D eigenvalue weighted by Gasteiger charge is -2.06. The third-order valence-corrected chi connectivity index (χ3v) is 4.11. The second-order valence-electron chi connectivity index (χ2n) is 5.29. The molecular formula is C14H18N4O3S2. The number of nitrogens with one attached hydrogen (secondary N) is 2. The molecule has 1 aromatic carbocycles. The van der Waals surface area contributed by atoms with Crippen LogP contribution in [0.15, 0.2) is 29.6 Å². The molecule has 1 aromatic heterocycles. The van der Waals surface area contributed by atoms with Crippen molar-refractivity contribution in [2.24, 2.45) is 0 Å². The largest absolute Gasteiger partial charge is 0.304 e. The second kappa shape index (κ2) is 7.07. The van der Waals surface area contributed by atoms with E-state index in [0.717, 1.165) is 11.9 Å². The van der Waals surface area contributed by atoms with E-state index in [1.165, 1.54) is 23.5 Å². The fraction of sp³-hybridized carbons (Fsp3) is 0.286. The van der Waals surface area contributed by atoms with E-state index in [9.17, 15) is 13.2 Å². The molecule has 0 aliphatic carbocycles. The summed E-state index contributed by atoms with van der Waals surface area (Å²) < 4.78 is 24.6. The summed E-state index contributed by atoms with van der Waals surface area (Å²) in [4.78, 5) is 18.5. The standard InChI is InChI=1S/C14H18N4O3S2/c1-18(2)8-12-9-22-14(15-12)16-13(19)10-4-6-11(7-5-10)17-23(3,20)21/h4-7,9,17H,8H2,1-3H3,(H,15,16,19). The molecule has 2 N–H and O–H groups in total. The van der Waals surface area contributed by atoms with Gasteiger partial charge in [-0.15, -0.1) is 11.3 Å². The van der Waals surface area contributed by atoms with Gasteiger partial charge in [-0.2, -0.15) is 0 Å². The van der Waals surface area contributed by atoms with Crippen LogP contribution in [0, 0.1) is 0 Å². The number of hydrogen-bond donors (Lipinski definition) is 2. The highest BCUT2D eigenvalue weighted by molar-refractivity contribution is 7.92. The first kappa shape index (κ1) is 17.4. The predicted octanol–water partition coefficient (Wildman–Crippen LogP) is 1.83. The highest BCUT2D eigenvalue weighted by Gasteiger charge is 2.10. The van der Waals surface area contributed by atoms with E-state index in [4.69, 9.17) is 0 Å². The molecule has 2 aromatic rings. The number of anilines is 2. The van der Waals surface area contributed by atoms with Crippen molar-refractivity contribution >= 4 is 38.1 Å². The van der Waals surface area contributed by atoms with Crippen LogP contribution in [0.5, 0.6) is 0 Å². The third-order valence-electron chi connectivity index (χ3n) is 2.70. The summed E-state index contributed by atoms with van der Waals surface area (Å²) in [5.74, 6) is -0.290. The molecule has 0 spiro atoms. The lowest BCUT2D eigenvalue weighted by molar-refractivity contribution is 0.102. The minimum absolute atomic E-state index is 0.290. The normalized spacial score (nSPS) is 11.5. The molecule has 0 saturated carbocycles. The summed E-state index contributed by atoms with van der Waals surface area (Å²) >= 11 is 1.36. The topological polar surface area (TPSA) is 91.4 Å². The van der Waals surface area contributed by atoms with Crippen molar-refractivity contribution in [3.63, 3.8) is 0 Å². The maximum Gasteiger partial charge on any atom is 0.257 e. The predicted molar refractivity (Wildman–Crippen MR) is 92.4 cm³/mol. The molecule has 0 atom stereocenters. The molecule has 2 rings (SSSR count). The highest BCUT2D eigenvalue weighted by atomic mass is 32.2. The maximum absolute atomic E-state index is 12.1. The van der Waals surface area contributed by atoms with Crippen molar-refractivity contribution in [1.29, 1.82) is 0 Å². The Balaban J connectivity index is 2.01. The van der Waals surface area contributed by atoms with Crippen LogP contribution < -0.4 is 10.0 Å². The number of aromatic nitrogens is 1. The Labute approximate surface area is 139 Å². The zero-order valence-corrected chi connectivity index (χ0v) is 14.7. The Morgan fingerprint density at radius 3 is 2.48 bits per heavy atom. The fourth-order valence-corrected chi connectivity index (χ4v) is 3.09. The van der Waals surface area contributed by atoms with Gasteiger partial charge in [0.15, 0.2) is 5.13 Å². The number of nitrogens with zero attached hydrogens (tertiary/aromatic N) is 2. The molecule has 0 saturated heterocycles. The van der Waals surface area contributed by atoms with Gasteiger partial charge >= 0.3 is 0 Å². The number of sulfonamides is 1. The molecule has 7 nitrogen and oxygen atoms in total. The molecule has 0 aliphatic heterocycles. The monoisotopic (exact) mass is 354 g/mol. The van der Waals surface area contributed by atoms with Crippen molar-refractivity contribution in [2.75, 3.05) is 30.4 Å². The van der Waals surface area contributed by atoms with Crippen LogP contribution in [0.2, 0.25) is 0 Å². The van der Waals surface area contributed by atoms with E-state index in [-0.39, 0.29) is 5.91 Å². The van der Waals surface area contributed by atoms with Crippen LogP contribution in [0.25, 0.3) is 0 Å². The quantitative estimate of drug-likeness (QED) is 0.826. The summed E-state index contributed by atoms with van der Waals surface area (Å²) in [6, 6.07) is 6.18. The van der Waals surface area contributed by atoms with Gasteiger partial charge in [0.2, 0.25) is 10.0 Å². The van der Waals surface area contributed by atoms with Crippen LogP contribution >= 0.6 is 11.3 Å². The maximum atomic E-state index is 12.1. The van der Waals surface area contributed by atoms with Gasteiger partial charge in [-0.25, -0.2) is 13.4 Å². The van der Waals surface area contributed by atoms with Gasteiger partial charge in [-0.05, 0) is 38.4 Å². The molecule has 0 fully saturated rings. The smallest absolute Gasteiger partial charge is 0.257 e. The van der Waals surface area contributed by atoms with Gasteiger partial charge in [-0.3, -0.25) is 14.8 Å². The van der Waals surface area contributed by atoms with Crippen molar-refractivity contribution in [1.82, 2.24) is 9.88 Å². The third kappa shape index (κ3) is 5.62. The summed E-state index contributed by atoms with van der Waals surface area (Å²) in [7, 11) is 0.567. The minimum atomic E-state index is -3.33. The summed E-state index contributed by atoms with van der Waals surface area (Å²) in [5.41, 5.74) is 1.72. The second-order valence-corrected chi connectivity index (χ2v) is 7.89. The van der Waals surface area contributed by atoms with E-state index in [1.54, 1.807) is 12.1 Å². The molecule has 1 heterocycles. The van der Waals surface area contributed by atoms with Crippen LogP contribution in [0.1, 0.15) is 16.1 Å². The number of benzene rings is 1. The summed E-state index contributed by atoms with van der Waals surface area (Å²) in [5, 5.41) is 5.16. The first-order valence-corrected chi connectivity index (χ1v) is 9.48. The van der Waals surface area contributed by atoms with Gasteiger partial charge in [0, 0.05) is 23.2 Å². The fourth-order valence-electron chi connectivity index (χ4n) is 1.83. The minimum Gasteiger partial charge on any atom is -0.304 e. The molecular weight excluding hydrogens is 336 g/mol. The zero-order valence-electron chi connectivity index (χ0n) is 13.0. The van der Waals surface area contributed by atoms with Gasteiger partial charge in [-0.1, -0.05) is 0 Å². The molecule has 1 amide bonds. The number of carbonyl (C=O) groups is 1. The first-order chi connectivity index (χ1) is 10.7. The van der Waals surface area contributed by atoms with Gasteiger partial charge in [0.05, 0.1) is 11.9 Å². The van der Waals surface area contributed by atoms with Crippen LogP contribution in [0.4, 0.5) is 10.8 Å². The molecule has 0 bridgehead atoms. The number of carbonyl (C=O) groups excluding carboxylic acids is 1.